The standard InChI is InChI=1S/C12H14IN3O5/c1-2-21-11(19)10(15-5-3-4-8(15)17)16-6-7(13)9(18)14-12(16)20/h6,10H,2-5H2,1H3,(H,14,18,20)/t10-/m0/s1. The van der Waals surface area contributed by atoms with Crippen molar-refractivity contribution in [2.45, 2.75) is 25.9 Å². The predicted octanol–water partition coefficient (Wildman–Crippen LogP) is -0.175. The van der Waals surface area contributed by atoms with Crippen LogP contribution < -0.4 is 11.2 Å². The lowest BCUT2D eigenvalue weighted by molar-refractivity contribution is -0.157. The van der Waals surface area contributed by atoms with Gasteiger partial charge in [-0.15, -0.1) is 0 Å². The van der Waals surface area contributed by atoms with Crippen molar-refractivity contribution in [3.63, 3.8) is 0 Å². The Morgan fingerprint density at radius 3 is 2.76 bits per heavy atom. The summed E-state index contributed by atoms with van der Waals surface area (Å²) in [7, 11) is 0. The molecule has 0 aromatic carbocycles. The molecule has 0 unspecified atom stereocenters. The number of H-pyrrole nitrogens is 1. The van der Waals surface area contributed by atoms with E-state index in [1.165, 1.54) is 11.1 Å². The number of esters is 1. The number of carbonyl (C=O) groups is 2. The van der Waals surface area contributed by atoms with Gasteiger partial charge < -0.3 is 9.64 Å². The number of amides is 1. The molecule has 1 atom stereocenters. The summed E-state index contributed by atoms with van der Waals surface area (Å²) < 4.78 is 6.23. The molecule has 2 heterocycles. The molecule has 0 aliphatic carbocycles. The smallest absolute Gasteiger partial charge is 0.350 e. The van der Waals surface area contributed by atoms with Crippen LogP contribution in [0.25, 0.3) is 0 Å². The quantitative estimate of drug-likeness (QED) is 0.552. The summed E-state index contributed by atoms with van der Waals surface area (Å²) in [6.45, 7) is 2.14. The Labute approximate surface area is 133 Å². The average molecular weight is 407 g/mol. The van der Waals surface area contributed by atoms with Crippen LogP contribution in [0.4, 0.5) is 0 Å². The van der Waals surface area contributed by atoms with Crippen molar-refractivity contribution in [3.05, 3.63) is 30.6 Å². The first-order chi connectivity index (χ1) is 9.95. The fourth-order valence-electron chi connectivity index (χ4n) is 2.18. The second kappa shape index (κ2) is 6.41. The van der Waals surface area contributed by atoms with E-state index < -0.39 is 23.4 Å². The van der Waals surface area contributed by atoms with E-state index in [9.17, 15) is 19.2 Å². The van der Waals surface area contributed by atoms with Gasteiger partial charge in [-0.1, -0.05) is 0 Å². The van der Waals surface area contributed by atoms with Gasteiger partial charge in [-0.3, -0.25) is 19.1 Å². The van der Waals surface area contributed by atoms with Gasteiger partial charge in [0.15, 0.2) is 0 Å². The highest BCUT2D eigenvalue weighted by molar-refractivity contribution is 14.1. The molecule has 114 valence electrons. The fraction of sp³-hybridized carbons (Fsp3) is 0.500. The summed E-state index contributed by atoms with van der Waals surface area (Å²) in [5, 5.41) is 0. The van der Waals surface area contributed by atoms with E-state index in [1.807, 2.05) is 0 Å². The second-order valence-electron chi connectivity index (χ2n) is 4.46. The summed E-state index contributed by atoms with van der Waals surface area (Å²) in [4.78, 5) is 50.9. The van der Waals surface area contributed by atoms with E-state index in [0.29, 0.717) is 19.4 Å². The van der Waals surface area contributed by atoms with E-state index >= 15 is 0 Å². The molecule has 8 nitrogen and oxygen atoms in total. The fourth-order valence-corrected chi connectivity index (χ4v) is 2.61. The van der Waals surface area contributed by atoms with Gasteiger partial charge in [-0.05, 0) is 35.9 Å². The first kappa shape index (κ1) is 15.7. The summed E-state index contributed by atoms with van der Waals surface area (Å²) >= 11 is 1.75. The first-order valence-electron chi connectivity index (χ1n) is 6.42. The molecule has 2 rings (SSSR count). The lowest BCUT2D eigenvalue weighted by Gasteiger charge is -2.27. The number of carbonyl (C=O) groups excluding carboxylic acids is 2. The number of likely N-dealkylation sites (tertiary alicyclic amines) is 1. The Kier molecular flexibility index (Phi) is 4.80. The number of nitrogens with one attached hydrogen (secondary N) is 1. The van der Waals surface area contributed by atoms with E-state index in [-0.39, 0.29) is 16.1 Å². The van der Waals surface area contributed by atoms with Crippen LogP contribution in [0, 0.1) is 3.57 Å². The highest BCUT2D eigenvalue weighted by Gasteiger charge is 2.36. The zero-order valence-electron chi connectivity index (χ0n) is 11.3. The lowest BCUT2D eigenvalue weighted by Crippen LogP contribution is -2.46. The van der Waals surface area contributed by atoms with E-state index in [1.54, 1.807) is 29.5 Å². The molecule has 1 aromatic heterocycles. The molecule has 0 saturated carbocycles. The zero-order valence-corrected chi connectivity index (χ0v) is 13.5. The molecule has 0 spiro atoms. The Morgan fingerprint density at radius 1 is 1.48 bits per heavy atom. The summed E-state index contributed by atoms with van der Waals surface area (Å²) in [5.41, 5.74) is -1.29. The predicted molar refractivity (Wildman–Crippen MR) is 80.7 cm³/mol. The molecule has 1 aliphatic rings. The third-order valence-electron chi connectivity index (χ3n) is 3.09. The molecule has 21 heavy (non-hydrogen) atoms. The van der Waals surface area contributed by atoms with Crippen LogP contribution in [-0.4, -0.2) is 39.5 Å². The third kappa shape index (κ3) is 3.17. The van der Waals surface area contributed by atoms with Gasteiger partial charge in [-0.25, -0.2) is 9.59 Å². The molecule has 1 amide bonds. The molecule has 1 aromatic rings. The van der Waals surface area contributed by atoms with Gasteiger partial charge in [0.25, 0.3) is 5.56 Å². The summed E-state index contributed by atoms with van der Waals surface area (Å²) in [6.07, 6.45) is 1.02. The first-order valence-corrected chi connectivity index (χ1v) is 7.50. The van der Waals surface area contributed by atoms with Crippen LogP contribution in [0.3, 0.4) is 0 Å². The number of hydrogen-bond donors (Lipinski definition) is 1. The second-order valence-corrected chi connectivity index (χ2v) is 5.62. The van der Waals surface area contributed by atoms with E-state index in [4.69, 9.17) is 4.74 Å². The van der Waals surface area contributed by atoms with Gasteiger partial charge in [0.1, 0.15) is 0 Å². The number of nitrogens with zero attached hydrogens (tertiary/aromatic N) is 2. The van der Waals surface area contributed by atoms with Crippen LogP contribution >= 0.6 is 22.6 Å². The largest absolute Gasteiger partial charge is 0.463 e. The van der Waals surface area contributed by atoms with Crippen LogP contribution in [0.2, 0.25) is 0 Å². The van der Waals surface area contributed by atoms with Crippen molar-refractivity contribution in [1.82, 2.24) is 14.5 Å². The maximum atomic E-state index is 12.2. The average Bonchev–Trinajstić information content (AvgIpc) is 2.83. The minimum absolute atomic E-state index is 0.132. The Balaban J connectivity index is 2.52. The molecule has 9 heteroatoms. The van der Waals surface area contributed by atoms with Gasteiger partial charge in [0, 0.05) is 19.2 Å². The molecule has 0 bridgehead atoms. The van der Waals surface area contributed by atoms with Crippen molar-refractivity contribution in [1.29, 1.82) is 0 Å². The lowest BCUT2D eigenvalue weighted by atomic mass is 10.4. The molecule has 1 fully saturated rings. The minimum atomic E-state index is -1.18. The SMILES string of the molecule is CCOC(=O)[C@@H](N1CCCC1=O)n1cc(I)c(=O)[nH]c1=O. The summed E-state index contributed by atoms with van der Waals surface area (Å²) in [5.74, 6) is -0.918. The van der Waals surface area contributed by atoms with Crippen molar-refractivity contribution < 1.29 is 14.3 Å². The third-order valence-corrected chi connectivity index (χ3v) is 3.86. The van der Waals surface area contributed by atoms with Crippen molar-refractivity contribution >= 4 is 34.5 Å². The highest BCUT2D eigenvalue weighted by Crippen LogP contribution is 2.21. The molecule has 1 saturated heterocycles. The minimum Gasteiger partial charge on any atom is -0.463 e. The number of rotatable bonds is 4. The summed E-state index contributed by atoms with van der Waals surface area (Å²) in [6, 6.07) is 0. The normalized spacial score (nSPS) is 16.1. The maximum absolute atomic E-state index is 12.2. The maximum Gasteiger partial charge on any atom is 0.350 e. The van der Waals surface area contributed by atoms with Gasteiger partial charge in [0.2, 0.25) is 12.1 Å². The number of aromatic amines is 1. The van der Waals surface area contributed by atoms with Crippen LogP contribution in [0.1, 0.15) is 25.9 Å². The van der Waals surface area contributed by atoms with Crippen molar-refractivity contribution in [3.8, 4) is 0 Å². The van der Waals surface area contributed by atoms with Gasteiger partial charge >= 0.3 is 11.7 Å². The molecule has 0 radical (unpaired) electrons. The van der Waals surface area contributed by atoms with Crippen molar-refractivity contribution in [2.24, 2.45) is 0 Å². The van der Waals surface area contributed by atoms with E-state index in [0.717, 1.165) is 4.57 Å². The van der Waals surface area contributed by atoms with Gasteiger partial charge in [-0.2, -0.15) is 0 Å². The topological polar surface area (TPSA) is 101 Å². The number of ether oxygens (including phenoxy) is 1. The van der Waals surface area contributed by atoms with Gasteiger partial charge in [0.05, 0.1) is 10.2 Å². The Bertz CT molecular complexity index is 680. The highest BCUT2D eigenvalue weighted by atomic mass is 127. The monoisotopic (exact) mass is 407 g/mol. The number of halogens is 1. The zero-order chi connectivity index (χ0) is 15.6. The molecular weight excluding hydrogens is 393 g/mol. The van der Waals surface area contributed by atoms with Crippen LogP contribution in [-0.2, 0) is 14.3 Å². The van der Waals surface area contributed by atoms with Crippen molar-refractivity contribution in [2.75, 3.05) is 13.2 Å². The molecule has 1 N–H and O–H groups in total. The molecular formula is C12H14IN3O5. The number of aromatic nitrogens is 2. The van der Waals surface area contributed by atoms with E-state index in [2.05, 4.69) is 4.98 Å². The molecule has 1 aliphatic heterocycles. The Morgan fingerprint density at radius 2 is 2.19 bits per heavy atom. The number of hydrogen-bond acceptors (Lipinski definition) is 5. The van der Waals surface area contributed by atoms with Crippen LogP contribution in [0.5, 0.6) is 0 Å². The van der Waals surface area contributed by atoms with Crippen LogP contribution in [0.15, 0.2) is 15.8 Å². The Hall–Kier alpha value is -1.65.